The standard InChI is InChI=1S/C6H15ClO2Si/c7-6(4-8)5-9-2-1-3-10/h6,8H,1-5H2,10H3. The normalized spacial score (nSPS) is 13.8. The molecule has 0 rings (SSSR count). The van der Waals surface area contributed by atoms with Crippen LogP contribution in [0.1, 0.15) is 6.42 Å². The van der Waals surface area contributed by atoms with Crippen molar-refractivity contribution >= 4 is 21.8 Å². The van der Waals surface area contributed by atoms with Gasteiger partial charge in [-0.3, -0.25) is 0 Å². The Balaban J connectivity index is 2.89. The highest BCUT2D eigenvalue weighted by atomic mass is 35.5. The van der Waals surface area contributed by atoms with Crippen LogP contribution in [0.25, 0.3) is 0 Å². The molecule has 0 saturated carbocycles. The highest BCUT2D eigenvalue weighted by Gasteiger charge is 2.00. The number of hydrogen-bond donors (Lipinski definition) is 1. The van der Waals surface area contributed by atoms with Gasteiger partial charge < -0.3 is 9.84 Å². The lowest BCUT2D eigenvalue weighted by molar-refractivity contribution is 0.119. The van der Waals surface area contributed by atoms with Crippen LogP contribution in [0.3, 0.4) is 0 Å². The lowest BCUT2D eigenvalue weighted by atomic mass is 10.5. The first-order valence-corrected chi connectivity index (χ1v) is 5.49. The molecule has 4 heteroatoms. The predicted molar refractivity (Wildman–Crippen MR) is 46.9 cm³/mol. The predicted octanol–water partition coefficient (Wildman–Crippen LogP) is -0.223. The minimum absolute atomic E-state index is 0.00241. The summed E-state index contributed by atoms with van der Waals surface area (Å²) in [6.45, 7) is 1.26. The summed E-state index contributed by atoms with van der Waals surface area (Å²) in [6.07, 6.45) is 1.13. The molecule has 1 unspecified atom stereocenters. The highest BCUT2D eigenvalue weighted by molar-refractivity contribution is 6.20. The third kappa shape index (κ3) is 6.55. The maximum Gasteiger partial charge on any atom is 0.0800 e. The number of hydrogen-bond acceptors (Lipinski definition) is 2. The van der Waals surface area contributed by atoms with Crippen molar-refractivity contribution in [3.63, 3.8) is 0 Å². The van der Waals surface area contributed by atoms with Gasteiger partial charge in [0.25, 0.3) is 0 Å². The first kappa shape index (κ1) is 10.4. The van der Waals surface area contributed by atoms with Crippen LogP contribution < -0.4 is 0 Å². The summed E-state index contributed by atoms with van der Waals surface area (Å²) in [7, 11) is 1.24. The Labute approximate surface area is 69.9 Å². The number of aliphatic hydroxyl groups excluding tert-OH is 1. The van der Waals surface area contributed by atoms with E-state index >= 15 is 0 Å². The van der Waals surface area contributed by atoms with Gasteiger partial charge in [0.1, 0.15) is 0 Å². The van der Waals surface area contributed by atoms with E-state index in [0.717, 1.165) is 13.0 Å². The Morgan fingerprint density at radius 3 is 2.80 bits per heavy atom. The van der Waals surface area contributed by atoms with E-state index in [1.807, 2.05) is 0 Å². The van der Waals surface area contributed by atoms with Crippen LogP contribution in [0.5, 0.6) is 0 Å². The van der Waals surface area contributed by atoms with E-state index < -0.39 is 0 Å². The molecule has 0 bridgehead atoms. The molecular weight excluding hydrogens is 168 g/mol. The fraction of sp³-hybridized carbons (Fsp3) is 1.00. The Hall–Kier alpha value is 0.427. The fourth-order valence-corrected chi connectivity index (χ4v) is 0.888. The molecule has 0 heterocycles. The van der Waals surface area contributed by atoms with Gasteiger partial charge in [0.05, 0.1) is 18.6 Å². The Kier molecular flexibility index (Phi) is 7.85. The van der Waals surface area contributed by atoms with Crippen LogP contribution in [-0.2, 0) is 4.74 Å². The summed E-state index contributed by atoms with van der Waals surface area (Å²) in [5, 5.41) is 8.26. The number of ether oxygens (including phenoxy) is 1. The molecule has 0 radical (unpaired) electrons. The molecule has 0 aliphatic carbocycles. The van der Waals surface area contributed by atoms with Gasteiger partial charge in [-0.1, -0.05) is 6.04 Å². The maximum absolute atomic E-state index is 8.49. The summed E-state index contributed by atoms with van der Waals surface area (Å²) in [5.41, 5.74) is 0. The average molecular weight is 183 g/mol. The Morgan fingerprint density at radius 1 is 1.60 bits per heavy atom. The van der Waals surface area contributed by atoms with Gasteiger partial charge in [0, 0.05) is 16.8 Å². The molecule has 1 N–H and O–H groups in total. The second-order valence-electron chi connectivity index (χ2n) is 2.21. The number of rotatable bonds is 6. The van der Waals surface area contributed by atoms with Crippen LogP contribution in [0.2, 0.25) is 6.04 Å². The first-order valence-electron chi connectivity index (χ1n) is 3.64. The molecule has 0 fully saturated rings. The summed E-state index contributed by atoms with van der Waals surface area (Å²) in [6, 6.07) is 1.27. The molecule has 0 amide bonds. The second kappa shape index (κ2) is 7.53. The zero-order valence-corrected chi connectivity index (χ0v) is 9.10. The molecule has 0 aromatic carbocycles. The maximum atomic E-state index is 8.49. The molecule has 2 nitrogen and oxygen atoms in total. The second-order valence-corrected chi connectivity index (χ2v) is 3.83. The van der Waals surface area contributed by atoms with Crippen molar-refractivity contribution in [2.24, 2.45) is 0 Å². The molecule has 0 aliphatic rings. The van der Waals surface area contributed by atoms with Gasteiger partial charge in [0.15, 0.2) is 0 Å². The molecule has 0 spiro atoms. The van der Waals surface area contributed by atoms with Crippen LogP contribution in [-0.4, -0.2) is 40.5 Å². The van der Waals surface area contributed by atoms with Crippen molar-refractivity contribution in [2.45, 2.75) is 17.8 Å². The van der Waals surface area contributed by atoms with Crippen molar-refractivity contribution < 1.29 is 9.84 Å². The largest absolute Gasteiger partial charge is 0.395 e. The number of aliphatic hydroxyl groups is 1. The van der Waals surface area contributed by atoms with Crippen molar-refractivity contribution in [1.82, 2.24) is 0 Å². The number of alkyl halides is 1. The zero-order chi connectivity index (χ0) is 7.82. The van der Waals surface area contributed by atoms with Crippen molar-refractivity contribution in [1.29, 1.82) is 0 Å². The van der Waals surface area contributed by atoms with E-state index in [2.05, 4.69) is 0 Å². The van der Waals surface area contributed by atoms with Gasteiger partial charge in [-0.05, 0) is 6.42 Å². The van der Waals surface area contributed by atoms with Gasteiger partial charge in [-0.15, -0.1) is 11.6 Å². The van der Waals surface area contributed by atoms with Gasteiger partial charge in [-0.2, -0.15) is 0 Å². The van der Waals surface area contributed by atoms with Gasteiger partial charge in [0.2, 0.25) is 0 Å². The lowest BCUT2D eigenvalue weighted by Crippen LogP contribution is -2.13. The number of halogens is 1. The summed E-state index contributed by atoms with van der Waals surface area (Å²) in [5.74, 6) is 0. The molecule has 0 aromatic rings. The lowest BCUT2D eigenvalue weighted by Gasteiger charge is -2.05. The van der Waals surface area contributed by atoms with Gasteiger partial charge >= 0.3 is 0 Å². The minimum atomic E-state index is -0.228. The minimum Gasteiger partial charge on any atom is -0.395 e. The Morgan fingerprint density at radius 2 is 2.30 bits per heavy atom. The molecule has 10 heavy (non-hydrogen) atoms. The molecule has 0 aromatic heterocycles. The van der Waals surface area contributed by atoms with E-state index in [4.69, 9.17) is 21.4 Å². The van der Waals surface area contributed by atoms with E-state index in [9.17, 15) is 0 Å². The molecule has 0 aliphatic heterocycles. The molecule has 62 valence electrons. The third-order valence-electron chi connectivity index (χ3n) is 1.14. The summed E-state index contributed by atoms with van der Waals surface area (Å²) >= 11 is 5.58. The van der Waals surface area contributed by atoms with Crippen molar-refractivity contribution in [3.8, 4) is 0 Å². The van der Waals surface area contributed by atoms with Gasteiger partial charge in [-0.25, -0.2) is 0 Å². The molecule has 1 atom stereocenters. The summed E-state index contributed by atoms with van der Waals surface area (Å²) in [4.78, 5) is 0. The highest BCUT2D eigenvalue weighted by Crippen LogP contribution is 1.95. The van der Waals surface area contributed by atoms with E-state index in [1.165, 1.54) is 16.3 Å². The SMILES string of the molecule is OCC(Cl)COCCC[SiH3]. The van der Waals surface area contributed by atoms with Crippen LogP contribution in [0, 0.1) is 0 Å². The van der Waals surface area contributed by atoms with Crippen LogP contribution >= 0.6 is 11.6 Å². The van der Waals surface area contributed by atoms with Crippen molar-refractivity contribution in [2.75, 3.05) is 19.8 Å². The van der Waals surface area contributed by atoms with Crippen LogP contribution in [0.4, 0.5) is 0 Å². The van der Waals surface area contributed by atoms with E-state index in [0.29, 0.717) is 6.61 Å². The molecule has 0 saturated heterocycles. The zero-order valence-electron chi connectivity index (χ0n) is 6.35. The van der Waals surface area contributed by atoms with E-state index in [-0.39, 0.29) is 12.0 Å². The van der Waals surface area contributed by atoms with Crippen molar-refractivity contribution in [3.05, 3.63) is 0 Å². The summed E-state index contributed by atoms with van der Waals surface area (Å²) < 4.78 is 5.16. The topological polar surface area (TPSA) is 29.5 Å². The quantitative estimate of drug-likeness (QED) is 0.350. The monoisotopic (exact) mass is 182 g/mol. The first-order chi connectivity index (χ1) is 4.81. The smallest absolute Gasteiger partial charge is 0.0800 e. The fourth-order valence-electron chi connectivity index (χ4n) is 0.510. The molecular formula is C6H15ClO2Si. The Bertz CT molecular complexity index is 72.8. The average Bonchev–Trinajstić information content (AvgIpc) is 1.98. The van der Waals surface area contributed by atoms with E-state index in [1.54, 1.807) is 0 Å². The third-order valence-corrected chi connectivity index (χ3v) is 2.11. The van der Waals surface area contributed by atoms with Crippen LogP contribution in [0.15, 0.2) is 0 Å².